The van der Waals surface area contributed by atoms with Gasteiger partial charge in [0.15, 0.2) is 11.0 Å². The Morgan fingerprint density at radius 3 is 2.00 bits per heavy atom. The van der Waals surface area contributed by atoms with E-state index >= 15 is 0 Å². The largest absolute Gasteiger partial charge is 0.285 e. The number of aryl methyl sites for hydroxylation is 1. The molecule has 2 atom stereocenters. The quantitative estimate of drug-likeness (QED) is 0.527. The zero-order valence-corrected chi connectivity index (χ0v) is 18.3. The van der Waals surface area contributed by atoms with Crippen molar-refractivity contribution < 1.29 is 4.21 Å². The zero-order chi connectivity index (χ0) is 19.7. The summed E-state index contributed by atoms with van der Waals surface area (Å²) in [5.74, 6) is 0.485. The highest BCUT2D eigenvalue weighted by molar-refractivity contribution is 7.86. The first-order valence-corrected chi connectivity index (χ1v) is 11.0. The summed E-state index contributed by atoms with van der Waals surface area (Å²) in [7, 11) is -1.20. The fraction of sp³-hybridized carbons (Fsp3) is 0.478. The topological polar surface area (TPSA) is 20.3 Å². The van der Waals surface area contributed by atoms with Gasteiger partial charge in [-0.25, -0.2) is 4.21 Å². The molecule has 0 aromatic heterocycles. The summed E-state index contributed by atoms with van der Waals surface area (Å²) in [6, 6.07) is 16.7. The molecule has 2 nitrogen and oxygen atoms in total. The average Bonchev–Trinajstić information content (AvgIpc) is 2.69. The molecule has 2 aromatic carbocycles. The van der Waals surface area contributed by atoms with Crippen molar-refractivity contribution >= 4 is 16.7 Å². The number of hydrogen-bond donors (Lipinski definition) is 0. The normalized spacial score (nSPS) is 12.9. The van der Waals surface area contributed by atoms with Gasteiger partial charge in [0.05, 0.1) is 10.6 Å². The van der Waals surface area contributed by atoms with E-state index in [9.17, 15) is 4.21 Å². The Labute approximate surface area is 163 Å². The SMILES string of the molecule is CC.CCc1ccccc1N(C(C)CC)S(=O)c1ccc(C(C)C)cc1. The zero-order valence-electron chi connectivity index (χ0n) is 17.5. The van der Waals surface area contributed by atoms with Crippen LogP contribution < -0.4 is 4.31 Å². The van der Waals surface area contributed by atoms with Crippen LogP contribution in [0.4, 0.5) is 5.69 Å². The van der Waals surface area contributed by atoms with Gasteiger partial charge in [-0.1, -0.05) is 71.9 Å². The van der Waals surface area contributed by atoms with Gasteiger partial charge in [-0.15, -0.1) is 0 Å². The van der Waals surface area contributed by atoms with E-state index in [1.54, 1.807) is 0 Å². The average molecular weight is 374 g/mol. The highest BCUT2D eigenvalue weighted by Crippen LogP contribution is 2.29. The summed E-state index contributed by atoms with van der Waals surface area (Å²) in [6.45, 7) is 14.8. The maximum atomic E-state index is 13.3. The fourth-order valence-electron chi connectivity index (χ4n) is 2.76. The molecular formula is C23H35NOS. The molecule has 3 heteroatoms. The summed E-state index contributed by atoms with van der Waals surface area (Å²) >= 11 is 0. The third-order valence-corrected chi connectivity index (χ3v) is 6.12. The van der Waals surface area contributed by atoms with Gasteiger partial charge < -0.3 is 0 Å². The van der Waals surface area contributed by atoms with E-state index in [1.165, 1.54) is 11.1 Å². The van der Waals surface area contributed by atoms with E-state index in [1.807, 2.05) is 32.0 Å². The van der Waals surface area contributed by atoms with Crippen LogP contribution in [0.5, 0.6) is 0 Å². The second kappa shape index (κ2) is 11.2. The number of hydrogen-bond acceptors (Lipinski definition) is 1. The molecule has 0 N–H and O–H groups in total. The van der Waals surface area contributed by atoms with Crippen LogP contribution in [0, 0.1) is 0 Å². The van der Waals surface area contributed by atoms with E-state index < -0.39 is 11.0 Å². The number of nitrogens with zero attached hydrogens (tertiary/aromatic N) is 1. The van der Waals surface area contributed by atoms with Gasteiger partial charge in [-0.2, -0.15) is 0 Å². The molecular weight excluding hydrogens is 338 g/mol. The molecule has 0 spiro atoms. The Morgan fingerprint density at radius 1 is 0.923 bits per heavy atom. The molecule has 0 aliphatic rings. The molecule has 0 heterocycles. The predicted molar refractivity (Wildman–Crippen MR) is 116 cm³/mol. The van der Waals surface area contributed by atoms with Crippen LogP contribution in [-0.2, 0) is 17.4 Å². The van der Waals surface area contributed by atoms with E-state index in [2.05, 4.69) is 69.3 Å². The fourth-order valence-corrected chi connectivity index (χ4v) is 4.19. The van der Waals surface area contributed by atoms with Gasteiger partial charge in [-0.05, 0) is 55.0 Å². The first-order chi connectivity index (χ1) is 12.5. The van der Waals surface area contributed by atoms with Crippen molar-refractivity contribution in [3.05, 3.63) is 59.7 Å². The first-order valence-electron chi connectivity index (χ1n) is 9.88. The van der Waals surface area contributed by atoms with Crippen LogP contribution in [0.25, 0.3) is 0 Å². The maximum Gasteiger partial charge on any atom is 0.153 e. The monoisotopic (exact) mass is 373 g/mol. The molecule has 2 rings (SSSR count). The van der Waals surface area contributed by atoms with Gasteiger partial charge in [0, 0.05) is 6.04 Å². The minimum atomic E-state index is -1.20. The Bertz CT molecular complexity index is 679. The van der Waals surface area contributed by atoms with Crippen molar-refractivity contribution in [3.63, 3.8) is 0 Å². The second-order valence-electron chi connectivity index (χ2n) is 6.54. The van der Waals surface area contributed by atoms with Crippen molar-refractivity contribution in [2.45, 2.75) is 78.2 Å². The minimum absolute atomic E-state index is 0.211. The van der Waals surface area contributed by atoms with Crippen LogP contribution in [0.15, 0.2) is 53.4 Å². The van der Waals surface area contributed by atoms with E-state index in [0.717, 1.165) is 23.4 Å². The van der Waals surface area contributed by atoms with Crippen LogP contribution in [0.1, 0.15) is 71.9 Å². The van der Waals surface area contributed by atoms with Gasteiger partial charge in [0.2, 0.25) is 0 Å². The molecule has 0 amide bonds. The molecule has 2 unspecified atom stereocenters. The highest BCUT2D eigenvalue weighted by Gasteiger charge is 2.23. The predicted octanol–water partition coefficient (Wildman–Crippen LogP) is 6.73. The Morgan fingerprint density at radius 2 is 1.50 bits per heavy atom. The van der Waals surface area contributed by atoms with Crippen molar-refractivity contribution in [2.24, 2.45) is 0 Å². The molecule has 0 saturated heterocycles. The van der Waals surface area contributed by atoms with Gasteiger partial charge in [0.1, 0.15) is 0 Å². The minimum Gasteiger partial charge on any atom is -0.285 e. The first kappa shape index (κ1) is 22.4. The van der Waals surface area contributed by atoms with E-state index in [0.29, 0.717) is 5.92 Å². The lowest BCUT2D eigenvalue weighted by atomic mass is 10.0. The second-order valence-corrected chi connectivity index (χ2v) is 7.90. The third-order valence-electron chi connectivity index (χ3n) is 4.53. The van der Waals surface area contributed by atoms with Crippen LogP contribution >= 0.6 is 0 Å². The molecule has 0 fully saturated rings. The standard InChI is InChI=1S/C21H29NOS.C2H6/c1-6-17(5)22(21-11-9-8-10-18(21)7-2)24(23)20-14-12-19(13-15-20)16(3)4;1-2/h8-17H,6-7H2,1-5H3;1-2H3. The number of para-hydroxylation sites is 1. The van der Waals surface area contributed by atoms with Gasteiger partial charge >= 0.3 is 0 Å². The number of anilines is 1. The number of benzene rings is 2. The highest BCUT2D eigenvalue weighted by atomic mass is 32.2. The van der Waals surface area contributed by atoms with Crippen molar-refractivity contribution in [1.82, 2.24) is 0 Å². The number of rotatable bonds is 7. The molecule has 144 valence electrons. The van der Waals surface area contributed by atoms with Crippen molar-refractivity contribution in [3.8, 4) is 0 Å². The lowest BCUT2D eigenvalue weighted by molar-refractivity contribution is 0.655. The molecule has 0 aliphatic carbocycles. The summed E-state index contributed by atoms with van der Waals surface area (Å²) in [5, 5.41) is 0. The lowest BCUT2D eigenvalue weighted by Gasteiger charge is -2.31. The Kier molecular flexibility index (Phi) is 9.64. The van der Waals surface area contributed by atoms with Crippen LogP contribution in [0.2, 0.25) is 0 Å². The molecule has 0 radical (unpaired) electrons. The molecule has 0 bridgehead atoms. The molecule has 0 aliphatic heterocycles. The summed E-state index contributed by atoms with van der Waals surface area (Å²) in [6.07, 6.45) is 1.89. The van der Waals surface area contributed by atoms with E-state index in [4.69, 9.17) is 0 Å². The maximum absolute atomic E-state index is 13.3. The Hall–Kier alpha value is -1.61. The lowest BCUT2D eigenvalue weighted by Crippen LogP contribution is -2.35. The van der Waals surface area contributed by atoms with Crippen LogP contribution in [0.3, 0.4) is 0 Å². The summed E-state index contributed by atoms with van der Waals surface area (Å²) < 4.78 is 15.4. The van der Waals surface area contributed by atoms with E-state index in [-0.39, 0.29) is 6.04 Å². The van der Waals surface area contributed by atoms with Crippen molar-refractivity contribution in [1.29, 1.82) is 0 Å². The Balaban J connectivity index is 0.00000163. The molecule has 26 heavy (non-hydrogen) atoms. The van der Waals surface area contributed by atoms with Crippen molar-refractivity contribution in [2.75, 3.05) is 4.31 Å². The summed E-state index contributed by atoms with van der Waals surface area (Å²) in [5.41, 5.74) is 3.60. The van der Waals surface area contributed by atoms with Crippen LogP contribution in [-0.4, -0.2) is 10.3 Å². The smallest absolute Gasteiger partial charge is 0.153 e. The van der Waals surface area contributed by atoms with Gasteiger partial charge in [-0.3, -0.25) is 4.31 Å². The molecule has 0 saturated carbocycles. The third kappa shape index (κ3) is 5.44. The molecule has 2 aromatic rings. The van der Waals surface area contributed by atoms with Gasteiger partial charge in [0.25, 0.3) is 0 Å². The summed E-state index contributed by atoms with van der Waals surface area (Å²) in [4.78, 5) is 0.866.